The number of hydrogen-bond donors (Lipinski definition) is 1. The van der Waals surface area contributed by atoms with Gasteiger partial charge in [-0.05, 0) is 25.3 Å². The quantitative estimate of drug-likeness (QED) is 0.550. The first-order valence-electron chi connectivity index (χ1n) is 3.96. The number of nitrogens with one attached hydrogen (secondary N) is 1. The normalized spacial score (nSPS) is 23.0. The van der Waals surface area contributed by atoms with E-state index in [9.17, 15) is 4.79 Å². The van der Waals surface area contributed by atoms with Gasteiger partial charge in [-0.2, -0.15) is 0 Å². The van der Waals surface area contributed by atoms with E-state index in [0.717, 1.165) is 25.0 Å². The van der Waals surface area contributed by atoms with Gasteiger partial charge in [0.1, 0.15) is 0 Å². The second-order valence-electron chi connectivity index (χ2n) is 3.10. The van der Waals surface area contributed by atoms with Gasteiger partial charge < -0.3 is 5.32 Å². The van der Waals surface area contributed by atoms with Gasteiger partial charge in [0.25, 0.3) is 5.91 Å². The van der Waals surface area contributed by atoms with Crippen LogP contribution in [-0.4, -0.2) is 12.5 Å². The number of hydrogen-bond acceptors (Lipinski definition) is 1. The lowest BCUT2D eigenvalue weighted by Gasteiger charge is -2.09. The summed E-state index contributed by atoms with van der Waals surface area (Å²) in [7, 11) is 0. The molecule has 0 unspecified atom stereocenters. The van der Waals surface area contributed by atoms with Crippen LogP contribution in [-0.2, 0) is 4.79 Å². The molecule has 1 fully saturated rings. The van der Waals surface area contributed by atoms with Crippen molar-refractivity contribution in [3.05, 3.63) is 22.8 Å². The Bertz CT molecular complexity index is 273. The van der Waals surface area contributed by atoms with Crippen LogP contribution in [0.25, 0.3) is 0 Å². The van der Waals surface area contributed by atoms with Crippen molar-refractivity contribution in [1.29, 1.82) is 0 Å². The summed E-state index contributed by atoms with van der Waals surface area (Å²) in [5.74, 6) is 0.110. The second kappa shape index (κ2) is 2.22. The zero-order chi connectivity index (χ0) is 7.84. The number of amides is 1. The third kappa shape index (κ3) is 0.897. The predicted molar refractivity (Wildman–Crippen MR) is 43.0 cm³/mol. The Labute approximate surface area is 66.0 Å². The highest BCUT2D eigenvalue weighted by atomic mass is 16.2. The van der Waals surface area contributed by atoms with Crippen LogP contribution in [0.3, 0.4) is 0 Å². The van der Waals surface area contributed by atoms with Crippen molar-refractivity contribution >= 4 is 5.91 Å². The molecule has 1 N–H and O–H groups in total. The topological polar surface area (TPSA) is 29.1 Å². The minimum atomic E-state index is 0.110. The molecular weight excluding hydrogens is 138 g/mol. The first kappa shape index (κ1) is 6.65. The molecule has 2 heteroatoms. The Morgan fingerprint density at radius 3 is 3.09 bits per heavy atom. The average Bonchev–Trinajstić information content (AvgIpc) is 2.35. The van der Waals surface area contributed by atoms with Gasteiger partial charge in [-0.15, -0.1) is 0 Å². The lowest BCUT2D eigenvalue weighted by Crippen LogP contribution is -2.13. The Hall–Kier alpha value is -1.05. The highest BCUT2D eigenvalue weighted by Gasteiger charge is 2.25. The van der Waals surface area contributed by atoms with Crippen molar-refractivity contribution in [2.24, 2.45) is 0 Å². The highest BCUT2D eigenvalue weighted by Crippen LogP contribution is 2.27. The fourth-order valence-corrected chi connectivity index (χ4v) is 1.68. The summed E-state index contributed by atoms with van der Waals surface area (Å²) in [6.45, 7) is 2.86. The molecule has 0 aromatic heterocycles. The monoisotopic (exact) mass is 149 g/mol. The maximum absolute atomic E-state index is 11.1. The third-order valence-electron chi connectivity index (χ3n) is 2.38. The van der Waals surface area contributed by atoms with E-state index in [1.165, 1.54) is 11.1 Å². The fourth-order valence-electron chi connectivity index (χ4n) is 1.68. The van der Waals surface area contributed by atoms with E-state index in [0.29, 0.717) is 0 Å². The van der Waals surface area contributed by atoms with Crippen LogP contribution in [0.15, 0.2) is 22.8 Å². The van der Waals surface area contributed by atoms with E-state index >= 15 is 0 Å². The Balaban J connectivity index is 2.46. The van der Waals surface area contributed by atoms with Crippen molar-refractivity contribution in [3.8, 4) is 0 Å². The lowest BCUT2D eigenvalue weighted by atomic mass is 9.94. The molecule has 2 aliphatic rings. The van der Waals surface area contributed by atoms with E-state index in [-0.39, 0.29) is 5.91 Å². The first-order valence-corrected chi connectivity index (χ1v) is 3.96. The second-order valence-corrected chi connectivity index (χ2v) is 3.10. The molecule has 11 heavy (non-hydrogen) atoms. The molecule has 2 rings (SSSR count). The Kier molecular flexibility index (Phi) is 1.34. The number of carbonyl (C=O) groups is 1. The van der Waals surface area contributed by atoms with Crippen molar-refractivity contribution in [2.75, 3.05) is 6.54 Å². The number of fused-ring (bicyclic) bond motifs is 1. The van der Waals surface area contributed by atoms with E-state index in [2.05, 4.69) is 12.2 Å². The molecule has 1 amide bonds. The molecular formula is C9H11NO. The molecule has 0 aromatic carbocycles. The molecule has 1 saturated heterocycles. The fraction of sp³-hybridized carbons (Fsp3) is 0.444. The number of allylic oxidation sites excluding steroid dienone is 2. The maximum Gasteiger partial charge on any atom is 0.251 e. The van der Waals surface area contributed by atoms with E-state index in [1.54, 1.807) is 0 Å². The average molecular weight is 149 g/mol. The maximum atomic E-state index is 11.1. The number of carbonyl (C=O) groups excluding carboxylic acids is 1. The summed E-state index contributed by atoms with van der Waals surface area (Å²) < 4.78 is 0. The van der Waals surface area contributed by atoms with Gasteiger partial charge in [0.2, 0.25) is 0 Å². The zero-order valence-electron chi connectivity index (χ0n) is 6.61. The molecule has 0 atom stereocenters. The van der Waals surface area contributed by atoms with Crippen LogP contribution in [0, 0.1) is 0 Å². The van der Waals surface area contributed by atoms with Crippen LogP contribution in [0.5, 0.6) is 0 Å². The Morgan fingerprint density at radius 1 is 1.55 bits per heavy atom. The minimum Gasteiger partial charge on any atom is -0.348 e. The van der Waals surface area contributed by atoms with Gasteiger partial charge in [0, 0.05) is 12.1 Å². The molecule has 2 nitrogen and oxygen atoms in total. The molecule has 0 saturated carbocycles. The van der Waals surface area contributed by atoms with E-state index in [1.807, 2.05) is 6.08 Å². The molecule has 1 aliphatic carbocycles. The van der Waals surface area contributed by atoms with Crippen LogP contribution in [0.2, 0.25) is 0 Å². The number of rotatable bonds is 0. The summed E-state index contributed by atoms with van der Waals surface area (Å²) in [6, 6.07) is 0. The highest BCUT2D eigenvalue weighted by molar-refractivity contribution is 6.01. The summed E-state index contributed by atoms with van der Waals surface area (Å²) in [4.78, 5) is 11.1. The molecule has 0 spiro atoms. The van der Waals surface area contributed by atoms with Crippen LogP contribution >= 0.6 is 0 Å². The molecule has 0 bridgehead atoms. The summed E-state index contributed by atoms with van der Waals surface area (Å²) in [5, 5.41) is 2.83. The van der Waals surface area contributed by atoms with Gasteiger partial charge in [-0.3, -0.25) is 4.79 Å². The Morgan fingerprint density at radius 2 is 2.36 bits per heavy atom. The zero-order valence-corrected chi connectivity index (χ0v) is 6.61. The van der Waals surface area contributed by atoms with Crippen LogP contribution in [0.1, 0.15) is 19.8 Å². The van der Waals surface area contributed by atoms with Crippen LogP contribution < -0.4 is 5.32 Å². The van der Waals surface area contributed by atoms with Crippen molar-refractivity contribution in [3.63, 3.8) is 0 Å². The minimum absolute atomic E-state index is 0.110. The van der Waals surface area contributed by atoms with E-state index in [4.69, 9.17) is 0 Å². The first-order chi connectivity index (χ1) is 5.29. The van der Waals surface area contributed by atoms with Gasteiger partial charge >= 0.3 is 0 Å². The molecule has 1 aliphatic heterocycles. The SMILES string of the molecule is CC1=C2CNC(=O)C2=CCC1. The van der Waals surface area contributed by atoms with Gasteiger partial charge in [0.15, 0.2) is 0 Å². The predicted octanol–water partition coefficient (Wildman–Crippen LogP) is 1.15. The van der Waals surface area contributed by atoms with Gasteiger partial charge in [0.05, 0.1) is 0 Å². The summed E-state index contributed by atoms with van der Waals surface area (Å²) in [6.07, 6.45) is 4.19. The van der Waals surface area contributed by atoms with E-state index < -0.39 is 0 Å². The van der Waals surface area contributed by atoms with Crippen molar-refractivity contribution in [2.45, 2.75) is 19.8 Å². The molecule has 1 heterocycles. The standard InChI is InChI=1S/C9H11NO/c1-6-3-2-4-7-8(6)5-10-9(7)11/h4H,2-3,5H2,1H3,(H,10,11). The third-order valence-corrected chi connectivity index (χ3v) is 2.38. The summed E-state index contributed by atoms with van der Waals surface area (Å²) >= 11 is 0. The lowest BCUT2D eigenvalue weighted by molar-refractivity contribution is -0.116. The molecule has 58 valence electrons. The van der Waals surface area contributed by atoms with Gasteiger partial charge in [-0.1, -0.05) is 11.6 Å². The van der Waals surface area contributed by atoms with Crippen molar-refractivity contribution < 1.29 is 4.79 Å². The van der Waals surface area contributed by atoms with Crippen molar-refractivity contribution in [1.82, 2.24) is 5.32 Å². The van der Waals surface area contributed by atoms with Gasteiger partial charge in [-0.25, -0.2) is 0 Å². The largest absolute Gasteiger partial charge is 0.348 e. The smallest absolute Gasteiger partial charge is 0.251 e. The molecule has 0 radical (unpaired) electrons. The molecule has 0 aromatic rings. The van der Waals surface area contributed by atoms with Crippen LogP contribution in [0.4, 0.5) is 0 Å². The summed E-state index contributed by atoms with van der Waals surface area (Å²) in [5.41, 5.74) is 3.54.